The number of ether oxygens (including phenoxy) is 2. The molecule has 10 nitrogen and oxygen atoms in total. The molecule has 0 fully saturated rings. The van der Waals surface area contributed by atoms with Gasteiger partial charge in [0.15, 0.2) is 0 Å². The monoisotopic (exact) mass is 609 g/mol. The number of hydrogen-bond donors (Lipinski definition) is 1. The number of carbonyl (C=O) groups is 3. The molecule has 5 rings (SSSR count). The van der Waals surface area contributed by atoms with E-state index in [0.29, 0.717) is 59.6 Å². The number of allylic oxidation sites excluding steroid dienone is 3. The number of esters is 1. The minimum Gasteiger partial charge on any atom is -0.489 e. The highest BCUT2D eigenvalue weighted by atomic mass is 16.6. The maximum absolute atomic E-state index is 13.5. The number of fused-ring (bicyclic) bond motifs is 1. The van der Waals surface area contributed by atoms with E-state index in [4.69, 9.17) is 9.47 Å². The van der Waals surface area contributed by atoms with Gasteiger partial charge in [0.2, 0.25) is 0 Å². The van der Waals surface area contributed by atoms with E-state index in [9.17, 15) is 24.5 Å². The van der Waals surface area contributed by atoms with Crippen molar-refractivity contribution in [1.29, 1.82) is 0 Å². The van der Waals surface area contributed by atoms with Crippen LogP contribution in [0.25, 0.3) is 0 Å². The van der Waals surface area contributed by atoms with E-state index in [1.807, 2.05) is 30.3 Å². The zero-order valence-electron chi connectivity index (χ0n) is 25.3. The third-order valence-electron chi connectivity index (χ3n) is 8.00. The quantitative estimate of drug-likeness (QED) is 0.0806. The Hall–Kier alpha value is -5.25. The van der Waals surface area contributed by atoms with Gasteiger partial charge in [0.25, 0.3) is 17.5 Å². The van der Waals surface area contributed by atoms with Gasteiger partial charge in [-0.15, -0.1) is 0 Å². The second kappa shape index (κ2) is 14.0. The van der Waals surface area contributed by atoms with Gasteiger partial charge in [-0.1, -0.05) is 67.1 Å². The molecule has 0 saturated heterocycles. The van der Waals surface area contributed by atoms with Crippen molar-refractivity contribution in [3.63, 3.8) is 0 Å². The molecule has 2 aliphatic heterocycles. The number of nitrogens with zero attached hydrogens (tertiary/aromatic N) is 2. The van der Waals surface area contributed by atoms with Gasteiger partial charge in [-0.3, -0.25) is 24.6 Å². The van der Waals surface area contributed by atoms with Crippen LogP contribution in [0.5, 0.6) is 5.75 Å². The minimum absolute atomic E-state index is 0.123. The lowest BCUT2D eigenvalue weighted by Gasteiger charge is -2.27. The van der Waals surface area contributed by atoms with Crippen molar-refractivity contribution in [3.8, 4) is 5.75 Å². The van der Waals surface area contributed by atoms with Crippen molar-refractivity contribution in [3.05, 3.63) is 134 Å². The van der Waals surface area contributed by atoms with E-state index in [0.717, 1.165) is 12.0 Å². The van der Waals surface area contributed by atoms with Crippen LogP contribution in [0.1, 0.15) is 77.3 Å². The van der Waals surface area contributed by atoms with Gasteiger partial charge in [0, 0.05) is 17.8 Å². The highest BCUT2D eigenvalue weighted by molar-refractivity contribution is 6.21. The summed E-state index contributed by atoms with van der Waals surface area (Å²) in [5.41, 5.74) is 3.15. The molecule has 2 aliphatic rings. The van der Waals surface area contributed by atoms with Gasteiger partial charge in [-0.2, -0.15) is 0 Å². The molecule has 1 N–H and O–H groups in total. The number of rotatable bonds is 13. The molecule has 0 radical (unpaired) electrons. The van der Waals surface area contributed by atoms with Gasteiger partial charge < -0.3 is 14.8 Å². The van der Waals surface area contributed by atoms with Gasteiger partial charge in [-0.05, 0) is 56.9 Å². The predicted octanol–water partition coefficient (Wildman–Crippen LogP) is 6.13. The Morgan fingerprint density at radius 1 is 0.844 bits per heavy atom. The number of para-hydroxylation sites is 1. The van der Waals surface area contributed by atoms with Crippen molar-refractivity contribution in [2.24, 2.45) is 0 Å². The molecule has 10 heteroatoms. The summed E-state index contributed by atoms with van der Waals surface area (Å²) in [4.78, 5) is 51.7. The van der Waals surface area contributed by atoms with Crippen molar-refractivity contribution in [1.82, 2.24) is 10.2 Å². The highest BCUT2D eigenvalue weighted by Gasteiger charge is 2.42. The average molecular weight is 610 g/mol. The number of hydrogen-bond acceptors (Lipinski definition) is 8. The fraction of sp³-hybridized carbons (Fsp3) is 0.286. The van der Waals surface area contributed by atoms with Gasteiger partial charge in [0.05, 0.1) is 33.9 Å². The summed E-state index contributed by atoms with van der Waals surface area (Å²) >= 11 is 0. The standard InChI is InChI=1S/C35H35N3O7/c1-23-30(35(41)44-21-13-4-3-12-20-37-33(39)26-16-8-9-17-27(26)34(37)40)31(32(38(42)43)24(2)36-23)28-18-10-11-19-29(28)45-22-25-14-6-5-7-15-25/h5-11,14-19,31,36H,3-4,12-13,20-22H2,1-2H3. The van der Waals surface area contributed by atoms with Gasteiger partial charge in [0.1, 0.15) is 18.3 Å². The zero-order chi connectivity index (χ0) is 31.9. The molecule has 1 unspecified atom stereocenters. The van der Waals surface area contributed by atoms with Crippen LogP contribution in [0.2, 0.25) is 0 Å². The number of dihydropyridines is 1. The van der Waals surface area contributed by atoms with E-state index in [2.05, 4.69) is 5.32 Å². The molecule has 0 aliphatic carbocycles. The lowest BCUT2D eigenvalue weighted by atomic mass is 9.83. The molecule has 2 heterocycles. The number of benzene rings is 3. The molecule has 45 heavy (non-hydrogen) atoms. The van der Waals surface area contributed by atoms with Crippen LogP contribution in [-0.4, -0.2) is 40.8 Å². The van der Waals surface area contributed by atoms with Crippen LogP contribution in [0.3, 0.4) is 0 Å². The molecule has 3 aromatic carbocycles. The highest BCUT2D eigenvalue weighted by Crippen LogP contribution is 2.42. The Kier molecular flexibility index (Phi) is 9.72. The predicted molar refractivity (Wildman–Crippen MR) is 167 cm³/mol. The number of imide groups is 1. The smallest absolute Gasteiger partial charge is 0.336 e. The summed E-state index contributed by atoms with van der Waals surface area (Å²) in [6, 6.07) is 23.4. The van der Waals surface area contributed by atoms with Crippen molar-refractivity contribution < 1.29 is 28.8 Å². The summed E-state index contributed by atoms with van der Waals surface area (Å²) in [5, 5.41) is 15.3. The van der Waals surface area contributed by atoms with E-state index in [1.54, 1.807) is 62.4 Å². The molecular formula is C35H35N3O7. The number of unbranched alkanes of at least 4 members (excludes halogenated alkanes) is 3. The third kappa shape index (κ3) is 6.80. The molecule has 0 saturated carbocycles. The molecule has 3 aromatic rings. The van der Waals surface area contributed by atoms with E-state index < -0.39 is 16.8 Å². The minimum atomic E-state index is -1.000. The summed E-state index contributed by atoms with van der Waals surface area (Å²) in [6.07, 6.45) is 2.64. The summed E-state index contributed by atoms with van der Waals surface area (Å²) in [6.45, 7) is 4.03. The van der Waals surface area contributed by atoms with Crippen LogP contribution >= 0.6 is 0 Å². The van der Waals surface area contributed by atoms with Crippen molar-refractivity contribution in [2.45, 2.75) is 52.1 Å². The lowest BCUT2D eigenvalue weighted by molar-refractivity contribution is -0.431. The fourth-order valence-electron chi connectivity index (χ4n) is 5.79. The lowest BCUT2D eigenvalue weighted by Crippen LogP contribution is -2.32. The molecule has 1 atom stereocenters. The maximum atomic E-state index is 13.5. The van der Waals surface area contributed by atoms with Crippen LogP contribution < -0.4 is 10.1 Å². The molecule has 2 amide bonds. The Labute approximate surface area is 261 Å². The van der Waals surface area contributed by atoms with E-state index in [1.165, 1.54) is 4.90 Å². The zero-order valence-corrected chi connectivity index (χ0v) is 25.3. The van der Waals surface area contributed by atoms with Gasteiger partial charge >= 0.3 is 5.97 Å². The van der Waals surface area contributed by atoms with Gasteiger partial charge in [-0.25, -0.2) is 4.79 Å². The first-order valence-electron chi connectivity index (χ1n) is 15.0. The second-order valence-corrected chi connectivity index (χ2v) is 11.0. The van der Waals surface area contributed by atoms with Crippen LogP contribution in [-0.2, 0) is 16.1 Å². The van der Waals surface area contributed by atoms with Crippen molar-refractivity contribution in [2.75, 3.05) is 13.2 Å². The first kappa shape index (κ1) is 31.2. The molecular weight excluding hydrogens is 574 g/mol. The Morgan fingerprint density at radius 2 is 1.47 bits per heavy atom. The topological polar surface area (TPSA) is 128 Å². The third-order valence-corrected chi connectivity index (χ3v) is 8.00. The van der Waals surface area contributed by atoms with Crippen LogP contribution in [0.15, 0.2) is 102 Å². The normalized spacial score (nSPS) is 16.0. The number of nitro groups is 1. The van der Waals surface area contributed by atoms with E-state index in [-0.39, 0.29) is 36.3 Å². The first-order chi connectivity index (χ1) is 21.8. The molecule has 0 aromatic heterocycles. The first-order valence-corrected chi connectivity index (χ1v) is 15.0. The summed E-state index contributed by atoms with van der Waals surface area (Å²) in [7, 11) is 0. The fourth-order valence-corrected chi connectivity index (χ4v) is 5.79. The SMILES string of the molecule is CC1=C(C(=O)OCCCCCCN2C(=O)c3ccccc3C2=O)C(c2ccccc2OCc2ccccc2)C([N+](=O)[O-])=C(C)N1. The van der Waals surface area contributed by atoms with Crippen molar-refractivity contribution >= 4 is 17.8 Å². The number of amides is 2. The number of nitrogens with one attached hydrogen (secondary N) is 1. The van der Waals surface area contributed by atoms with Crippen LogP contribution in [0.4, 0.5) is 0 Å². The maximum Gasteiger partial charge on any atom is 0.336 e. The van der Waals surface area contributed by atoms with Crippen LogP contribution in [0, 0.1) is 10.1 Å². The Morgan fingerprint density at radius 3 is 2.16 bits per heavy atom. The summed E-state index contributed by atoms with van der Waals surface area (Å²) in [5.74, 6) is -1.74. The molecule has 0 bridgehead atoms. The van der Waals surface area contributed by atoms with E-state index >= 15 is 0 Å². The summed E-state index contributed by atoms with van der Waals surface area (Å²) < 4.78 is 11.8. The molecule has 0 spiro atoms. The average Bonchev–Trinajstić information content (AvgIpc) is 3.28. The number of carbonyl (C=O) groups excluding carboxylic acids is 3. The molecule has 232 valence electrons. The largest absolute Gasteiger partial charge is 0.489 e. The second-order valence-electron chi connectivity index (χ2n) is 11.0. The Bertz CT molecular complexity index is 1640. The Balaban J connectivity index is 1.20.